The van der Waals surface area contributed by atoms with E-state index >= 15 is 0 Å². The van der Waals surface area contributed by atoms with Crippen LogP contribution in [0.5, 0.6) is 0 Å². The van der Waals surface area contributed by atoms with E-state index in [-0.39, 0.29) is 0 Å². The molecule has 0 aliphatic carbocycles. The van der Waals surface area contributed by atoms with Crippen LogP contribution in [0.2, 0.25) is 36.8 Å². The molecule has 0 saturated carbocycles. The molecule has 0 bridgehead atoms. The first-order valence-electron chi connectivity index (χ1n) is 11.7. The molecule has 3 atom stereocenters. The highest BCUT2D eigenvalue weighted by Gasteiger charge is 2.33. The molecule has 0 nitrogen and oxygen atoms in total. The Morgan fingerprint density at radius 2 is 1.64 bits per heavy atom. The van der Waals surface area contributed by atoms with Gasteiger partial charge in [0.15, 0.2) is 0 Å². The van der Waals surface area contributed by atoms with Gasteiger partial charge in [-0.2, -0.15) is 0 Å². The Morgan fingerprint density at radius 3 is 2.14 bits per heavy atom. The molecule has 157 valence electrons. The van der Waals surface area contributed by atoms with Crippen LogP contribution in [0.3, 0.4) is 0 Å². The summed E-state index contributed by atoms with van der Waals surface area (Å²) >= 11 is 0. The highest BCUT2D eigenvalue weighted by molar-refractivity contribution is 6.79. The third-order valence-electron chi connectivity index (χ3n) is 7.68. The van der Waals surface area contributed by atoms with Gasteiger partial charge in [0.05, 0.1) is 8.07 Å². The van der Waals surface area contributed by atoms with Crippen LogP contribution in [-0.4, -0.2) is 15.4 Å². The number of hydrogen-bond donors (Lipinski definition) is 0. The lowest BCUT2D eigenvalue weighted by Gasteiger charge is -2.37. The number of hydrogen-bond acceptors (Lipinski definition) is 0. The minimum absolute atomic E-state index is 0.409. The van der Waals surface area contributed by atoms with Gasteiger partial charge in [0.25, 0.3) is 0 Å². The zero-order valence-corrected chi connectivity index (χ0v) is 21.0. The SMILES string of the molecule is C=C(C)C(C)CC(C)(C[B]CC(C)c1ccccc1)CC[Si](CC)(CC)CC. The normalized spacial score (nSPS) is 16.2. The fourth-order valence-corrected chi connectivity index (χ4v) is 8.34. The summed E-state index contributed by atoms with van der Waals surface area (Å²) in [5.41, 5.74) is 3.21. The van der Waals surface area contributed by atoms with Gasteiger partial charge in [-0.25, -0.2) is 0 Å². The summed E-state index contributed by atoms with van der Waals surface area (Å²) in [7, 11) is 1.54. The second kappa shape index (κ2) is 12.1. The summed E-state index contributed by atoms with van der Waals surface area (Å²) in [6, 6.07) is 16.8. The van der Waals surface area contributed by atoms with E-state index in [0.717, 1.165) is 0 Å². The van der Waals surface area contributed by atoms with Crippen LogP contribution in [0.25, 0.3) is 0 Å². The van der Waals surface area contributed by atoms with Gasteiger partial charge in [0.2, 0.25) is 0 Å². The third kappa shape index (κ3) is 7.93. The topological polar surface area (TPSA) is 0 Å². The Bertz CT molecular complexity index is 555. The van der Waals surface area contributed by atoms with Gasteiger partial charge in [-0.15, -0.1) is 0 Å². The molecule has 0 amide bonds. The Labute approximate surface area is 178 Å². The highest BCUT2D eigenvalue weighted by Crippen LogP contribution is 2.41. The van der Waals surface area contributed by atoms with E-state index < -0.39 is 8.07 Å². The van der Waals surface area contributed by atoms with E-state index in [9.17, 15) is 0 Å². The average Bonchev–Trinajstić information content (AvgIpc) is 2.70. The van der Waals surface area contributed by atoms with Crippen molar-refractivity contribution in [2.45, 2.75) is 104 Å². The molecule has 1 aromatic rings. The van der Waals surface area contributed by atoms with Gasteiger partial charge in [0.1, 0.15) is 7.28 Å². The number of allylic oxidation sites excluding steroid dienone is 1. The summed E-state index contributed by atoms with van der Waals surface area (Å²) in [5, 5.41) is 0. The van der Waals surface area contributed by atoms with Crippen molar-refractivity contribution in [1.82, 2.24) is 0 Å². The van der Waals surface area contributed by atoms with Crippen molar-refractivity contribution in [1.29, 1.82) is 0 Å². The van der Waals surface area contributed by atoms with Crippen molar-refractivity contribution in [2.75, 3.05) is 0 Å². The molecule has 0 aliphatic heterocycles. The molecule has 0 N–H and O–H groups in total. The van der Waals surface area contributed by atoms with E-state index in [0.29, 0.717) is 17.3 Å². The quantitative estimate of drug-likeness (QED) is 0.217. The molecule has 0 aromatic heterocycles. The van der Waals surface area contributed by atoms with Crippen LogP contribution in [0.1, 0.15) is 72.8 Å². The van der Waals surface area contributed by atoms with Gasteiger partial charge in [-0.1, -0.05) is 127 Å². The van der Waals surface area contributed by atoms with Crippen molar-refractivity contribution in [3.8, 4) is 0 Å². The Balaban J connectivity index is 2.76. The van der Waals surface area contributed by atoms with Crippen LogP contribution in [-0.2, 0) is 0 Å². The van der Waals surface area contributed by atoms with E-state index in [1.54, 1.807) is 0 Å². The van der Waals surface area contributed by atoms with Gasteiger partial charge in [0, 0.05) is 0 Å². The molecule has 1 radical (unpaired) electrons. The molecule has 0 fully saturated rings. The van der Waals surface area contributed by atoms with E-state index in [1.165, 1.54) is 60.8 Å². The van der Waals surface area contributed by atoms with Crippen LogP contribution in [0, 0.1) is 11.3 Å². The molecule has 3 unspecified atom stereocenters. The number of rotatable bonds is 14. The van der Waals surface area contributed by atoms with Crippen LogP contribution in [0.4, 0.5) is 0 Å². The van der Waals surface area contributed by atoms with Crippen LogP contribution >= 0.6 is 0 Å². The fourth-order valence-electron chi connectivity index (χ4n) is 4.65. The summed E-state index contributed by atoms with van der Waals surface area (Å²) in [6.45, 7) is 21.1. The monoisotopic (exact) mass is 397 g/mol. The maximum atomic E-state index is 4.24. The second-order valence-electron chi connectivity index (χ2n) is 9.86. The van der Waals surface area contributed by atoms with Crippen molar-refractivity contribution in [2.24, 2.45) is 11.3 Å². The minimum Gasteiger partial charge on any atom is -0.0999 e. The van der Waals surface area contributed by atoms with Crippen molar-refractivity contribution >= 4 is 15.4 Å². The van der Waals surface area contributed by atoms with Gasteiger partial charge < -0.3 is 0 Å². The minimum atomic E-state index is -1.06. The van der Waals surface area contributed by atoms with Gasteiger partial charge in [-0.05, 0) is 36.2 Å². The summed E-state index contributed by atoms with van der Waals surface area (Å²) in [6.07, 6.45) is 5.09. The van der Waals surface area contributed by atoms with Gasteiger partial charge in [-0.3, -0.25) is 0 Å². The van der Waals surface area contributed by atoms with Crippen molar-refractivity contribution in [3.05, 3.63) is 48.0 Å². The average molecular weight is 398 g/mol. The molecule has 0 heterocycles. The molecule has 2 heteroatoms. The predicted molar refractivity (Wildman–Crippen MR) is 134 cm³/mol. The lowest BCUT2D eigenvalue weighted by Crippen LogP contribution is -2.34. The first-order valence-corrected chi connectivity index (χ1v) is 14.6. The van der Waals surface area contributed by atoms with Crippen LogP contribution in [0.15, 0.2) is 42.5 Å². The zero-order valence-electron chi connectivity index (χ0n) is 20.0. The highest BCUT2D eigenvalue weighted by atomic mass is 28.3. The van der Waals surface area contributed by atoms with E-state index in [4.69, 9.17) is 0 Å². The zero-order chi connectivity index (χ0) is 21.2. The molecule has 0 saturated heterocycles. The molecular formula is C26H46BSi. The Hall–Kier alpha value is -0.758. The lowest BCUT2D eigenvalue weighted by molar-refractivity contribution is 0.282. The summed E-state index contributed by atoms with van der Waals surface area (Å²) in [5.74, 6) is 1.23. The summed E-state index contributed by atoms with van der Waals surface area (Å²) in [4.78, 5) is 0. The maximum Gasteiger partial charge on any atom is 0.110 e. The molecular weight excluding hydrogens is 351 g/mol. The molecule has 28 heavy (non-hydrogen) atoms. The van der Waals surface area contributed by atoms with Crippen LogP contribution < -0.4 is 0 Å². The lowest BCUT2D eigenvalue weighted by atomic mass is 9.56. The van der Waals surface area contributed by atoms with Gasteiger partial charge >= 0.3 is 0 Å². The standard InChI is InChI=1S/C26H46BSi/c1-9-28(10-2,11-3)18-17-26(8,19-23(6)22(4)5)21-27-20-24(7)25-15-13-12-14-16-25/h12-16,23-24H,4,9-11,17-21H2,1-3,5-8H3. The molecule has 0 aliphatic rings. The smallest absolute Gasteiger partial charge is 0.0999 e. The second-order valence-corrected chi connectivity index (χ2v) is 15.5. The maximum absolute atomic E-state index is 4.24. The van der Waals surface area contributed by atoms with E-state index in [1.807, 2.05) is 0 Å². The molecule has 1 aromatic carbocycles. The summed E-state index contributed by atoms with van der Waals surface area (Å²) < 4.78 is 0. The predicted octanol–water partition coefficient (Wildman–Crippen LogP) is 8.84. The Morgan fingerprint density at radius 1 is 1.07 bits per heavy atom. The first-order chi connectivity index (χ1) is 13.2. The third-order valence-corrected chi connectivity index (χ3v) is 13.5. The van der Waals surface area contributed by atoms with Crippen molar-refractivity contribution < 1.29 is 0 Å². The number of benzene rings is 1. The Kier molecular flexibility index (Phi) is 10.9. The molecule has 1 rings (SSSR count). The molecule has 0 spiro atoms. The first kappa shape index (κ1) is 25.3. The largest absolute Gasteiger partial charge is 0.110 e. The van der Waals surface area contributed by atoms with Crippen molar-refractivity contribution in [3.63, 3.8) is 0 Å². The fraction of sp³-hybridized carbons (Fsp3) is 0.692. The van der Waals surface area contributed by atoms with E-state index in [2.05, 4.69) is 92.7 Å².